The van der Waals surface area contributed by atoms with Gasteiger partial charge in [0.15, 0.2) is 0 Å². The predicted octanol–water partition coefficient (Wildman–Crippen LogP) is 2.78. The maximum absolute atomic E-state index is 10.9. The van der Waals surface area contributed by atoms with E-state index >= 15 is 0 Å². The highest BCUT2D eigenvalue weighted by Gasteiger charge is 2.35. The summed E-state index contributed by atoms with van der Waals surface area (Å²) in [6.45, 7) is 3.17. The van der Waals surface area contributed by atoms with E-state index in [2.05, 4.69) is 35.8 Å². The summed E-state index contributed by atoms with van der Waals surface area (Å²) in [6.07, 6.45) is 11.1. The molecule has 0 aromatic carbocycles. The van der Waals surface area contributed by atoms with Gasteiger partial charge in [0, 0.05) is 25.2 Å². The highest BCUT2D eigenvalue weighted by atomic mass is 16.3. The fraction of sp³-hybridized carbons (Fsp3) is 0.824. The second-order valence-corrected chi connectivity index (χ2v) is 7.26. The summed E-state index contributed by atoms with van der Waals surface area (Å²) in [5, 5.41) is 15.6. The zero-order valence-corrected chi connectivity index (χ0v) is 13.5. The third-order valence-corrected chi connectivity index (χ3v) is 5.48. The standard InChI is InChI=1S/C17H29N3O/c1-14-12-17(21,9-11-19(14)2)13-15-8-10-20(18-15)16-6-4-3-5-7-16/h8,10,14,16,21H,3-7,9,11-13H2,1-2H3. The van der Waals surface area contributed by atoms with Gasteiger partial charge in [-0.15, -0.1) is 0 Å². The first-order valence-electron chi connectivity index (χ1n) is 8.52. The number of hydrogen-bond acceptors (Lipinski definition) is 3. The Labute approximate surface area is 128 Å². The Morgan fingerprint density at radius 2 is 2.10 bits per heavy atom. The van der Waals surface area contributed by atoms with Crippen molar-refractivity contribution in [3.63, 3.8) is 0 Å². The SMILES string of the molecule is CC1CC(O)(Cc2ccn(C3CCCCC3)n2)CCN1C. The topological polar surface area (TPSA) is 41.3 Å². The van der Waals surface area contributed by atoms with Gasteiger partial charge in [0.25, 0.3) is 0 Å². The van der Waals surface area contributed by atoms with E-state index in [0.29, 0.717) is 18.5 Å². The normalized spacial score (nSPS) is 32.4. The Hall–Kier alpha value is -0.870. The summed E-state index contributed by atoms with van der Waals surface area (Å²) in [5.74, 6) is 0. The molecule has 1 aromatic heterocycles. The summed E-state index contributed by atoms with van der Waals surface area (Å²) >= 11 is 0. The smallest absolute Gasteiger partial charge is 0.0730 e. The molecule has 1 saturated heterocycles. The molecule has 0 radical (unpaired) electrons. The van der Waals surface area contributed by atoms with Gasteiger partial charge in [0.05, 0.1) is 17.3 Å². The molecule has 118 valence electrons. The van der Waals surface area contributed by atoms with Crippen LogP contribution >= 0.6 is 0 Å². The third kappa shape index (κ3) is 3.49. The van der Waals surface area contributed by atoms with Gasteiger partial charge in [0.1, 0.15) is 0 Å². The molecule has 2 unspecified atom stereocenters. The van der Waals surface area contributed by atoms with Gasteiger partial charge in [-0.05, 0) is 45.7 Å². The summed E-state index contributed by atoms with van der Waals surface area (Å²) < 4.78 is 2.15. The lowest BCUT2D eigenvalue weighted by Crippen LogP contribution is -2.48. The second-order valence-electron chi connectivity index (χ2n) is 7.26. The number of likely N-dealkylation sites (tertiary alicyclic amines) is 1. The van der Waals surface area contributed by atoms with E-state index in [1.807, 2.05) is 0 Å². The molecule has 21 heavy (non-hydrogen) atoms. The number of nitrogens with zero attached hydrogens (tertiary/aromatic N) is 3. The maximum Gasteiger partial charge on any atom is 0.0730 e. The fourth-order valence-electron chi connectivity index (χ4n) is 3.93. The van der Waals surface area contributed by atoms with Gasteiger partial charge in [-0.1, -0.05) is 19.3 Å². The summed E-state index contributed by atoms with van der Waals surface area (Å²) in [7, 11) is 2.14. The van der Waals surface area contributed by atoms with Crippen LogP contribution in [0.3, 0.4) is 0 Å². The van der Waals surface area contributed by atoms with Crippen LogP contribution in [-0.4, -0.2) is 45.0 Å². The molecular weight excluding hydrogens is 262 g/mol. The molecule has 0 bridgehead atoms. The van der Waals surface area contributed by atoms with E-state index < -0.39 is 5.60 Å². The van der Waals surface area contributed by atoms with E-state index in [4.69, 9.17) is 5.10 Å². The van der Waals surface area contributed by atoms with Crippen molar-refractivity contribution >= 4 is 0 Å². The Bertz CT molecular complexity index is 466. The number of piperidine rings is 1. The lowest BCUT2D eigenvalue weighted by Gasteiger charge is -2.40. The minimum Gasteiger partial charge on any atom is -0.389 e. The molecule has 4 nitrogen and oxygen atoms in total. The zero-order valence-electron chi connectivity index (χ0n) is 13.5. The zero-order chi connectivity index (χ0) is 14.9. The number of aliphatic hydroxyl groups is 1. The van der Waals surface area contributed by atoms with E-state index in [9.17, 15) is 5.11 Å². The monoisotopic (exact) mass is 291 g/mol. The first-order chi connectivity index (χ1) is 10.1. The summed E-state index contributed by atoms with van der Waals surface area (Å²) in [6, 6.07) is 3.14. The van der Waals surface area contributed by atoms with Crippen molar-refractivity contribution in [1.29, 1.82) is 0 Å². The van der Waals surface area contributed by atoms with Gasteiger partial charge in [-0.3, -0.25) is 4.68 Å². The fourth-order valence-corrected chi connectivity index (χ4v) is 3.93. The van der Waals surface area contributed by atoms with Gasteiger partial charge in [0.2, 0.25) is 0 Å². The van der Waals surface area contributed by atoms with Crippen LogP contribution in [0.4, 0.5) is 0 Å². The van der Waals surface area contributed by atoms with Crippen LogP contribution in [0.25, 0.3) is 0 Å². The molecule has 2 fully saturated rings. The predicted molar refractivity (Wildman–Crippen MR) is 84.3 cm³/mol. The van der Waals surface area contributed by atoms with Crippen LogP contribution in [-0.2, 0) is 6.42 Å². The highest BCUT2D eigenvalue weighted by Crippen LogP contribution is 2.30. The molecule has 4 heteroatoms. The molecule has 1 saturated carbocycles. The van der Waals surface area contributed by atoms with Gasteiger partial charge < -0.3 is 10.0 Å². The molecule has 0 spiro atoms. The lowest BCUT2D eigenvalue weighted by molar-refractivity contribution is -0.0360. The quantitative estimate of drug-likeness (QED) is 0.931. The molecule has 0 amide bonds. The third-order valence-electron chi connectivity index (χ3n) is 5.48. The molecule has 2 heterocycles. The van der Waals surface area contributed by atoms with Crippen molar-refractivity contribution in [2.75, 3.05) is 13.6 Å². The van der Waals surface area contributed by atoms with E-state index in [-0.39, 0.29) is 0 Å². The second kappa shape index (κ2) is 6.09. The average molecular weight is 291 g/mol. The number of aromatic nitrogens is 2. The number of hydrogen-bond donors (Lipinski definition) is 1. The maximum atomic E-state index is 10.9. The molecule has 2 aliphatic rings. The van der Waals surface area contributed by atoms with Crippen LogP contribution in [0.15, 0.2) is 12.3 Å². The molecular formula is C17H29N3O. The first kappa shape index (κ1) is 15.0. The number of rotatable bonds is 3. The Morgan fingerprint density at radius 1 is 1.33 bits per heavy atom. The Kier molecular flexibility index (Phi) is 4.36. The largest absolute Gasteiger partial charge is 0.389 e. The van der Waals surface area contributed by atoms with Crippen LogP contribution in [0.2, 0.25) is 0 Å². The highest BCUT2D eigenvalue weighted by molar-refractivity contribution is 5.06. The van der Waals surface area contributed by atoms with Crippen molar-refractivity contribution in [3.05, 3.63) is 18.0 Å². The summed E-state index contributed by atoms with van der Waals surface area (Å²) in [4.78, 5) is 2.33. The molecule has 1 N–H and O–H groups in total. The molecule has 1 aliphatic carbocycles. The van der Waals surface area contributed by atoms with Crippen molar-refractivity contribution in [2.24, 2.45) is 0 Å². The first-order valence-corrected chi connectivity index (χ1v) is 8.52. The molecule has 2 atom stereocenters. The van der Waals surface area contributed by atoms with Crippen LogP contribution < -0.4 is 0 Å². The minimum absolute atomic E-state index is 0.448. The lowest BCUT2D eigenvalue weighted by atomic mass is 9.84. The van der Waals surface area contributed by atoms with Crippen LogP contribution in [0, 0.1) is 0 Å². The van der Waals surface area contributed by atoms with Gasteiger partial charge in [-0.2, -0.15) is 5.10 Å². The van der Waals surface area contributed by atoms with Crippen LogP contribution in [0.1, 0.15) is 63.6 Å². The molecule has 1 aromatic rings. The van der Waals surface area contributed by atoms with E-state index in [1.165, 1.54) is 32.1 Å². The van der Waals surface area contributed by atoms with Crippen LogP contribution in [0.5, 0.6) is 0 Å². The van der Waals surface area contributed by atoms with E-state index in [1.54, 1.807) is 0 Å². The van der Waals surface area contributed by atoms with Crippen molar-refractivity contribution < 1.29 is 5.11 Å². The Morgan fingerprint density at radius 3 is 2.81 bits per heavy atom. The van der Waals surface area contributed by atoms with Crippen molar-refractivity contribution in [1.82, 2.24) is 14.7 Å². The molecule has 3 rings (SSSR count). The van der Waals surface area contributed by atoms with Crippen molar-refractivity contribution in [3.8, 4) is 0 Å². The van der Waals surface area contributed by atoms with Crippen molar-refractivity contribution in [2.45, 2.75) is 76.0 Å². The Balaban J connectivity index is 1.63. The molecule has 1 aliphatic heterocycles. The van der Waals surface area contributed by atoms with Gasteiger partial charge in [-0.25, -0.2) is 0 Å². The minimum atomic E-state index is -0.572. The average Bonchev–Trinajstić information content (AvgIpc) is 2.92. The summed E-state index contributed by atoms with van der Waals surface area (Å²) in [5.41, 5.74) is 0.484. The van der Waals surface area contributed by atoms with Gasteiger partial charge >= 0.3 is 0 Å². The van der Waals surface area contributed by atoms with E-state index in [0.717, 1.165) is 25.1 Å².